The van der Waals surface area contributed by atoms with E-state index in [9.17, 15) is 0 Å². The zero-order chi connectivity index (χ0) is 37.0. The molecule has 0 aliphatic rings. The lowest BCUT2D eigenvalue weighted by atomic mass is 9.98. The van der Waals surface area contributed by atoms with Crippen LogP contribution in [0.4, 0.5) is 0 Å². The summed E-state index contributed by atoms with van der Waals surface area (Å²) in [6, 6.07) is 65.7. The molecule has 11 rings (SSSR count). The molecule has 0 radical (unpaired) electrons. The quantitative estimate of drug-likeness (QED) is 0.171. The summed E-state index contributed by atoms with van der Waals surface area (Å²) in [7, 11) is 0. The molecule has 0 aliphatic heterocycles. The highest BCUT2D eigenvalue weighted by molar-refractivity contribution is 7.26. The van der Waals surface area contributed by atoms with E-state index in [4.69, 9.17) is 19.4 Å². The molecule has 0 N–H and O–H groups in total. The third-order valence-electron chi connectivity index (χ3n) is 10.6. The van der Waals surface area contributed by atoms with Crippen molar-refractivity contribution in [2.24, 2.45) is 0 Å². The standard InChI is InChI=1S/C51H31N3OS/c1-4-12-32(13-5-1)34-22-24-36(25-23-34)50-52-49(35-16-8-3-9-17-35)53-51(54-50)41-20-11-21-45-47(41)43-31-38(26-28-44(43)55-45)39-18-10-19-40-42-30-37(33-14-6-2-7-15-33)27-29-46(42)56-48(39)40/h1-31H. The van der Waals surface area contributed by atoms with E-state index in [1.54, 1.807) is 0 Å². The topological polar surface area (TPSA) is 51.8 Å². The minimum atomic E-state index is 0.598. The molecule has 3 heterocycles. The molecule has 0 atom stereocenters. The summed E-state index contributed by atoms with van der Waals surface area (Å²) < 4.78 is 9.06. The fourth-order valence-electron chi connectivity index (χ4n) is 7.80. The molecule has 0 amide bonds. The largest absolute Gasteiger partial charge is 0.456 e. The van der Waals surface area contributed by atoms with Crippen LogP contribution in [-0.2, 0) is 0 Å². The van der Waals surface area contributed by atoms with Crippen molar-refractivity contribution >= 4 is 53.4 Å². The lowest BCUT2D eigenvalue weighted by Crippen LogP contribution is -2.00. The second kappa shape index (κ2) is 13.3. The summed E-state index contributed by atoms with van der Waals surface area (Å²) >= 11 is 1.85. The number of thiophene rings is 1. The highest BCUT2D eigenvalue weighted by Gasteiger charge is 2.19. The second-order valence-corrected chi connectivity index (χ2v) is 15.0. The minimum absolute atomic E-state index is 0.598. The first-order valence-electron chi connectivity index (χ1n) is 18.7. The van der Waals surface area contributed by atoms with Gasteiger partial charge >= 0.3 is 0 Å². The number of rotatable bonds is 6. The second-order valence-electron chi connectivity index (χ2n) is 14.0. The van der Waals surface area contributed by atoms with Gasteiger partial charge in [-0.15, -0.1) is 11.3 Å². The summed E-state index contributed by atoms with van der Waals surface area (Å²) in [5, 5.41) is 4.55. The molecule has 3 aromatic heterocycles. The van der Waals surface area contributed by atoms with Gasteiger partial charge in [0.1, 0.15) is 11.2 Å². The molecule has 0 saturated heterocycles. The highest BCUT2D eigenvalue weighted by atomic mass is 32.1. The van der Waals surface area contributed by atoms with Crippen molar-refractivity contribution in [3.8, 4) is 67.5 Å². The third kappa shape index (κ3) is 5.56. The first kappa shape index (κ1) is 32.2. The molecule has 56 heavy (non-hydrogen) atoms. The molecule has 0 aliphatic carbocycles. The average molecular weight is 734 g/mol. The van der Waals surface area contributed by atoms with E-state index in [-0.39, 0.29) is 0 Å². The normalized spacial score (nSPS) is 11.6. The Bertz CT molecular complexity index is 3230. The van der Waals surface area contributed by atoms with Gasteiger partial charge in [0.2, 0.25) is 0 Å². The summed E-state index contributed by atoms with van der Waals surface area (Å²) in [5.41, 5.74) is 11.4. The maximum atomic E-state index is 6.51. The van der Waals surface area contributed by atoms with Crippen molar-refractivity contribution in [2.75, 3.05) is 0 Å². The first-order valence-corrected chi connectivity index (χ1v) is 19.5. The first-order chi connectivity index (χ1) is 27.7. The lowest BCUT2D eigenvalue weighted by Gasteiger charge is -2.10. The van der Waals surface area contributed by atoms with Crippen molar-refractivity contribution in [1.82, 2.24) is 15.0 Å². The van der Waals surface area contributed by atoms with E-state index in [2.05, 4.69) is 140 Å². The molecule has 0 saturated carbocycles. The van der Waals surface area contributed by atoms with Crippen LogP contribution in [0, 0.1) is 0 Å². The zero-order valence-corrected chi connectivity index (χ0v) is 30.9. The molecular weight excluding hydrogens is 703 g/mol. The molecule has 262 valence electrons. The number of benzene rings is 8. The van der Waals surface area contributed by atoms with Crippen LogP contribution in [0.3, 0.4) is 0 Å². The molecule has 8 aromatic carbocycles. The number of hydrogen-bond donors (Lipinski definition) is 0. The maximum absolute atomic E-state index is 6.51. The average Bonchev–Trinajstić information content (AvgIpc) is 3.85. The predicted molar refractivity (Wildman–Crippen MR) is 233 cm³/mol. The van der Waals surface area contributed by atoms with Crippen molar-refractivity contribution in [1.29, 1.82) is 0 Å². The Morgan fingerprint density at radius 1 is 0.339 bits per heavy atom. The molecule has 0 bridgehead atoms. The molecule has 5 heteroatoms. The number of hydrogen-bond acceptors (Lipinski definition) is 5. The summed E-state index contributed by atoms with van der Waals surface area (Å²) in [4.78, 5) is 15.3. The van der Waals surface area contributed by atoms with Crippen LogP contribution in [0.2, 0.25) is 0 Å². The molecule has 11 aromatic rings. The number of furan rings is 1. The van der Waals surface area contributed by atoms with Gasteiger partial charge in [-0.05, 0) is 63.7 Å². The molecule has 0 unspecified atom stereocenters. The maximum Gasteiger partial charge on any atom is 0.164 e. The van der Waals surface area contributed by atoms with Crippen LogP contribution >= 0.6 is 11.3 Å². The van der Waals surface area contributed by atoms with E-state index in [1.807, 2.05) is 59.9 Å². The van der Waals surface area contributed by atoms with Crippen molar-refractivity contribution in [3.05, 3.63) is 188 Å². The SMILES string of the molecule is c1ccc(-c2ccc(-c3nc(-c4ccccc4)nc(-c4cccc5oc6ccc(-c7cccc8c7sc7ccc(-c9ccccc9)cc78)cc6c45)n3)cc2)cc1. The van der Waals surface area contributed by atoms with Gasteiger partial charge in [-0.25, -0.2) is 15.0 Å². The Kier molecular flexibility index (Phi) is 7.64. The number of fused-ring (bicyclic) bond motifs is 6. The lowest BCUT2D eigenvalue weighted by molar-refractivity contribution is 0.669. The molecular formula is C51H31N3OS. The van der Waals surface area contributed by atoms with Gasteiger partial charge in [0.05, 0.1) is 0 Å². The highest BCUT2D eigenvalue weighted by Crippen LogP contribution is 2.44. The van der Waals surface area contributed by atoms with E-state index in [0.717, 1.165) is 49.8 Å². The van der Waals surface area contributed by atoms with Crippen LogP contribution < -0.4 is 0 Å². The van der Waals surface area contributed by atoms with Crippen LogP contribution in [0.25, 0.3) is 110 Å². The van der Waals surface area contributed by atoms with E-state index in [0.29, 0.717) is 17.5 Å². The molecule has 0 spiro atoms. The van der Waals surface area contributed by atoms with Gasteiger partial charge in [-0.2, -0.15) is 0 Å². The van der Waals surface area contributed by atoms with Gasteiger partial charge in [-0.3, -0.25) is 0 Å². The van der Waals surface area contributed by atoms with Gasteiger partial charge in [0.15, 0.2) is 17.5 Å². The summed E-state index contributed by atoms with van der Waals surface area (Å²) in [6.45, 7) is 0. The monoisotopic (exact) mass is 733 g/mol. The van der Waals surface area contributed by atoms with Gasteiger partial charge < -0.3 is 4.42 Å². The zero-order valence-electron chi connectivity index (χ0n) is 30.1. The minimum Gasteiger partial charge on any atom is -0.456 e. The van der Waals surface area contributed by atoms with Gasteiger partial charge in [0, 0.05) is 47.6 Å². The predicted octanol–water partition coefficient (Wildman–Crippen LogP) is 14.1. The Balaban J connectivity index is 1.06. The smallest absolute Gasteiger partial charge is 0.164 e. The fraction of sp³-hybridized carbons (Fsp3) is 0. The molecule has 4 nitrogen and oxygen atoms in total. The Morgan fingerprint density at radius 3 is 1.61 bits per heavy atom. The van der Waals surface area contributed by atoms with Crippen molar-refractivity contribution < 1.29 is 4.42 Å². The van der Waals surface area contributed by atoms with Crippen LogP contribution in [0.15, 0.2) is 192 Å². The van der Waals surface area contributed by atoms with Gasteiger partial charge in [0.25, 0.3) is 0 Å². The van der Waals surface area contributed by atoms with Crippen LogP contribution in [-0.4, -0.2) is 15.0 Å². The van der Waals surface area contributed by atoms with Crippen molar-refractivity contribution in [3.63, 3.8) is 0 Å². The summed E-state index contributed by atoms with van der Waals surface area (Å²) in [6.07, 6.45) is 0. The van der Waals surface area contributed by atoms with Crippen LogP contribution in [0.5, 0.6) is 0 Å². The Morgan fingerprint density at radius 2 is 0.875 bits per heavy atom. The van der Waals surface area contributed by atoms with E-state index in [1.165, 1.54) is 42.4 Å². The fourth-order valence-corrected chi connectivity index (χ4v) is 9.02. The Hall–Kier alpha value is -7.21. The third-order valence-corrected chi connectivity index (χ3v) is 11.8. The Labute approximate surface area is 327 Å². The van der Waals surface area contributed by atoms with Crippen molar-refractivity contribution in [2.45, 2.75) is 0 Å². The number of aromatic nitrogens is 3. The number of nitrogens with zero attached hydrogens (tertiary/aromatic N) is 3. The van der Waals surface area contributed by atoms with E-state index < -0.39 is 0 Å². The molecule has 0 fully saturated rings. The van der Waals surface area contributed by atoms with E-state index >= 15 is 0 Å². The summed E-state index contributed by atoms with van der Waals surface area (Å²) in [5.74, 6) is 1.83. The van der Waals surface area contributed by atoms with Crippen LogP contribution in [0.1, 0.15) is 0 Å². The van der Waals surface area contributed by atoms with Gasteiger partial charge in [-0.1, -0.05) is 158 Å².